The Kier molecular flexibility index (Phi) is 4.53. The van der Waals surface area contributed by atoms with Gasteiger partial charge in [0.25, 0.3) is 5.91 Å². The molecule has 25 heavy (non-hydrogen) atoms. The molecule has 3 aromatic rings. The number of pyridine rings is 1. The normalized spacial score (nSPS) is 14.9. The monoisotopic (exact) mass is 398 g/mol. The van der Waals surface area contributed by atoms with Gasteiger partial charge in [0.05, 0.1) is 5.52 Å². The van der Waals surface area contributed by atoms with Crippen LogP contribution in [-0.4, -0.2) is 20.9 Å². The van der Waals surface area contributed by atoms with Gasteiger partial charge in [-0.15, -0.1) is 0 Å². The number of rotatable bonds is 4. The van der Waals surface area contributed by atoms with E-state index >= 15 is 0 Å². The van der Waals surface area contributed by atoms with Crippen molar-refractivity contribution >= 4 is 32.9 Å². The third-order valence-electron chi connectivity index (χ3n) is 4.72. The highest BCUT2D eigenvalue weighted by molar-refractivity contribution is 9.10. The maximum absolute atomic E-state index is 12.6. The van der Waals surface area contributed by atoms with E-state index in [4.69, 9.17) is 4.98 Å². The lowest BCUT2D eigenvalue weighted by Crippen LogP contribution is -2.24. The lowest BCUT2D eigenvalue weighted by Gasteiger charge is -2.06. The van der Waals surface area contributed by atoms with Crippen LogP contribution < -0.4 is 5.32 Å². The summed E-state index contributed by atoms with van der Waals surface area (Å²) in [6.07, 6.45) is 6.49. The molecule has 6 heteroatoms. The summed E-state index contributed by atoms with van der Waals surface area (Å²) in [6.45, 7) is 0.455. The molecule has 0 atom stereocenters. The number of benzene rings is 1. The second-order valence-corrected chi connectivity index (χ2v) is 7.39. The number of aromatic amines is 1. The van der Waals surface area contributed by atoms with Crippen LogP contribution in [0.4, 0.5) is 0 Å². The molecule has 2 N–H and O–H groups in total. The van der Waals surface area contributed by atoms with E-state index in [-0.39, 0.29) is 5.91 Å². The SMILES string of the molecule is O=C(NCc1cccc(Br)c1)c1nccc2[nH]c(C3CCCC3)nc12. The summed E-state index contributed by atoms with van der Waals surface area (Å²) >= 11 is 3.44. The van der Waals surface area contributed by atoms with E-state index in [1.165, 1.54) is 12.8 Å². The van der Waals surface area contributed by atoms with Gasteiger partial charge in [0.2, 0.25) is 0 Å². The van der Waals surface area contributed by atoms with Crippen molar-refractivity contribution in [2.75, 3.05) is 0 Å². The van der Waals surface area contributed by atoms with E-state index in [1.54, 1.807) is 6.20 Å². The van der Waals surface area contributed by atoms with E-state index in [0.29, 0.717) is 23.7 Å². The Morgan fingerprint density at radius 3 is 2.92 bits per heavy atom. The average Bonchev–Trinajstić information content (AvgIpc) is 3.28. The van der Waals surface area contributed by atoms with Crippen molar-refractivity contribution in [3.05, 3.63) is 58.1 Å². The molecule has 0 bridgehead atoms. The lowest BCUT2D eigenvalue weighted by molar-refractivity contribution is 0.0947. The minimum atomic E-state index is -0.199. The Morgan fingerprint density at radius 1 is 1.28 bits per heavy atom. The number of fused-ring (bicyclic) bond motifs is 1. The van der Waals surface area contributed by atoms with Gasteiger partial charge >= 0.3 is 0 Å². The van der Waals surface area contributed by atoms with Crippen molar-refractivity contribution in [3.63, 3.8) is 0 Å². The van der Waals surface area contributed by atoms with E-state index in [1.807, 2.05) is 30.3 Å². The molecule has 5 nitrogen and oxygen atoms in total. The van der Waals surface area contributed by atoms with E-state index in [9.17, 15) is 4.79 Å². The van der Waals surface area contributed by atoms with Crippen LogP contribution in [-0.2, 0) is 6.54 Å². The van der Waals surface area contributed by atoms with Gasteiger partial charge in [-0.05, 0) is 36.6 Å². The fraction of sp³-hybridized carbons (Fsp3) is 0.316. The van der Waals surface area contributed by atoms with Gasteiger partial charge < -0.3 is 10.3 Å². The topological polar surface area (TPSA) is 70.7 Å². The summed E-state index contributed by atoms with van der Waals surface area (Å²) in [5.41, 5.74) is 2.96. The smallest absolute Gasteiger partial charge is 0.272 e. The number of nitrogens with one attached hydrogen (secondary N) is 2. The van der Waals surface area contributed by atoms with Gasteiger partial charge in [-0.2, -0.15) is 0 Å². The minimum Gasteiger partial charge on any atom is -0.347 e. The number of amides is 1. The summed E-state index contributed by atoms with van der Waals surface area (Å²) in [6, 6.07) is 9.76. The quantitative estimate of drug-likeness (QED) is 0.687. The van der Waals surface area contributed by atoms with Crippen LogP contribution in [0.25, 0.3) is 11.0 Å². The Morgan fingerprint density at radius 2 is 2.12 bits per heavy atom. The third-order valence-corrected chi connectivity index (χ3v) is 5.21. The molecule has 1 aromatic carbocycles. The molecule has 128 valence electrons. The molecule has 0 spiro atoms. The molecule has 1 aliphatic carbocycles. The van der Waals surface area contributed by atoms with Gasteiger partial charge in [-0.1, -0.05) is 40.9 Å². The van der Waals surface area contributed by atoms with Crippen LogP contribution in [0.3, 0.4) is 0 Å². The van der Waals surface area contributed by atoms with Crippen LogP contribution in [0.15, 0.2) is 41.0 Å². The number of hydrogen-bond donors (Lipinski definition) is 2. The number of hydrogen-bond acceptors (Lipinski definition) is 3. The van der Waals surface area contributed by atoms with Gasteiger partial charge in [0, 0.05) is 23.1 Å². The molecule has 0 aliphatic heterocycles. The second kappa shape index (κ2) is 6.96. The molecule has 1 amide bonds. The lowest BCUT2D eigenvalue weighted by atomic mass is 10.1. The van der Waals surface area contributed by atoms with Crippen LogP contribution in [0.1, 0.15) is 53.5 Å². The van der Waals surface area contributed by atoms with E-state index in [0.717, 1.165) is 34.2 Å². The number of H-pyrrole nitrogens is 1. The first-order valence-electron chi connectivity index (χ1n) is 8.58. The maximum Gasteiger partial charge on any atom is 0.272 e. The van der Waals surface area contributed by atoms with Crippen LogP contribution in [0.5, 0.6) is 0 Å². The highest BCUT2D eigenvalue weighted by Gasteiger charge is 2.22. The highest BCUT2D eigenvalue weighted by Crippen LogP contribution is 2.33. The van der Waals surface area contributed by atoms with Gasteiger partial charge in [0.15, 0.2) is 5.69 Å². The number of aromatic nitrogens is 3. The fourth-order valence-electron chi connectivity index (χ4n) is 3.43. The molecule has 1 aliphatic rings. The molecule has 2 heterocycles. The van der Waals surface area contributed by atoms with Gasteiger partial charge in [-0.25, -0.2) is 9.97 Å². The third kappa shape index (κ3) is 3.44. The Balaban J connectivity index is 1.56. The maximum atomic E-state index is 12.6. The number of carbonyl (C=O) groups is 1. The average molecular weight is 399 g/mol. The van der Waals surface area contributed by atoms with Crippen molar-refractivity contribution < 1.29 is 4.79 Å². The zero-order chi connectivity index (χ0) is 17.2. The zero-order valence-electron chi connectivity index (χ0n) is 13.8. The molecule has 0 radical (unpaired) electrons. The van der Waals surface area contributed by atoms with E-state index < -0.39 is 0 Å². The number of nitrogens with zero attached hydrogens (tertiary/aromatic N) is 2. The summed E-state index contributed by atoms with van der Waals surface area (Å²) in [5, 5.41) is 2.94. The summed E-state index contributed by atoms with van der Waals surface area (Å²) in [7, 11) is 0. The number of carbonyl (C=O) groups excluding carboxylic acids is 1. The van der Waals surface area contributed by atoms with Crippen molar-refractivity contribution in [2.45, 2.75) is 38.1 Å². The van der Waals surface area contributed by atoms with Crippen LogP contribution in [0.2, 0.25) is 0 Å². The molecular weight excluding hydrogens is 380 g/mol. The Hall–Kier alpha value is -2.21. The van der Waals surface area contributed by atoms with Crippen molar-refractivity contribution in [3.8, 4) is 0 Å². The van der Waals surface area contributed by atoms with Gasteiger partial charge in [0.1, 0.15) is 11.3 Å². The second-order valence-electron chi connectivity index (χ2n) is 6.47. The molecular formula is C19H19BrN4O. The summed E-state index contributed by atoms with van der Waals surface area (Å²) < 4.78 is 0.994. The van der Waals surface area contributed by atoms with Gasteiger partial charge in [-0.3, -0.25) is 4.79 Å². The van der Waals surface area contributed by atoms with Crippen molar-refractivity contribution in [1.82, 2.24) is 20.3 Å². The predicted molar refractivity (Wildman–Crippen MR) is 100 cm³/mol. The Labute approximate surface area is 154 Å². The predicted octanol–water partition coefficient (Wildman–Crippen LogP) is 4.31. The van der Waals surface area contributed by atoms with Crippen LogP contribution in [0, 0.1) is 0 Å². The van der Waals surface area contributed by atoms with Crippen molar-refractivity contribution in [1.29, 1.82) is 0 Å². The zero-order valence-corrected chi connectivity index (χ0v) is 15.3. The minimum absolute atomic E-state index is 0.199. The largest absolute Gasteiger partial charge is 0.347 e. The molecule has 1 saturated carbocycles. The highest BCUT2D eigenvalue weighted by atomic mass is 79.9. The number of imidazole rings is 1. The van der Waals surface area contributed by atoms with Crippen LogP contribution >= 0.6 is 15.9 Å². The van der Waals surface area contributed by atoms with Crippen molar-refractivity contribution in [2.24, 2.45) is 0 Å². The molecule has 2 aromatic heterocycles. The Bertz CT molecular complexity index is 915. The first-order valence-corrected chi connectivity index (χ1v) is 9.37. The molecule has 0 unspecified atom stereocenters. The molecule has 4 rings (SSSR count). The number of halogens is 1. The summed E-state index contributed by atoms with van der Waals surface area (Å²) in [5.74, 6) is 1.27. The fourth-order valence-corrected chi connectivity index (χ4v) is 3.87. The molecule has 1 fully saturated rings. The first kappa shape index (κ1) is 16.3. The summed E-state index contributed by atoms with van der Waals surface area (Å²) in [4.78, 5) is 25.0. The first-order chi connectivity index (χ1) is 12.2. The van der Waals surface area contributed by atoms with E-state index in [2.05, 4.69) is 31.2 Å². The standard InChI is InChI=1S/C19H19BrN4O/c20-14-7-3-4-12(10-14)11-22-19(25)17-16-15(8-9-21-17)23-18(24-16)13-5-1-2-6-13/h3-4,7-10,13H,1-2,5-6,11H2,(H,22,25)(H,23,24). The molecule has 0 saturated heterocycles.